The number of nitrogens with one attached hydrogen (secondary N) is 1. The van der Waals surface area contributed by atoms with Crippen molar-refractivity contribution in [3.05, 3.63) is 52.9 Å². The maximum atomic E-state index is 4.63. The molecule has 1 aliphatic rings. The zero-order valence-corrected chi connectivity index (χ0v) is 12.0. The van der Waals surface area contributed by atoms with Crippen LogP contribution in [-0.2, 0) is 5.41 Å². The number of aromatic nitrogens is 2. The lowest BCUT2D eigenvalue weighted by molar-refractivity contribution is 0.557. The molecule has 3 rings (SSSR count). The molecule has 0 saturated carbocycles. The van der Waals surface area contributed by atoms with Crippen molar-refractivity contribution >= 4 is 11.0 Å². The van der Waals surface area contributed by atoms with Crippen LogP contribution in [0.25, 0.3) is 11.0 Å². The van der Waals surface area contributed by atoms with E-state index in [1.165, 1.54) is 16.7 Å². The second kappa shape index (κ2) is 4.09. The molecule has 0 aliphatic heterocycles. The fourth-order valence-corrected chi connectivity index (χ4v) is 3.12. The molecule has 19 heavy (non-hydrogen) atoms. The van der Waals surface area contributed by atoms with Crippen LogP contribution in [0.1, 0.15) is 37.2 Å². The highest BCUT2D eigenvalue weighted by Gasteiger charge is 2.30. The summed E-state index contributed by atoms with van der Waals surface area (Å²) in [4.78, 5) is 7.94. The highest BCUT2D eigenvalue weighted by atomic mass is 14.9. The number of fused-ring (bicyclic) bond motifs is 1. The van der Waals surface area contributed by atoms with Crippen molar-refractivity contribution in [1.29, 1.82) is 0 Å². The first-order chi connectivity index (χ1) is 9.02. The van der Waals surface area contributed by atoms with E-state index in [-0.39, 0.29) is 5.41 Å². The van der Waals surface area contributed by atoms with Crippen LogP contribution in [0.5, 0.6) is 0 Å². The van der Waals surface area contributed by atoms with Crippen LogP contribution in [0.2, 0.25) is 0 Å². The minimum absolute atomic E-state index is 0.0971. The van der Waals surface area contributed by atoms with Gasteiger partial charge in [0, 0.05) is 5.41 Å². The van der Waals surface area contributed by atoms with Gasteiger partial charge in [0.05, 0.1) is 11.0 Å². The number of H-pyrrole nitrogens is 1. The Kier molecular flexibility index (Phi) is 2.63. The third-order valence-corrected chi connectivity index (χ3v) is 4.50. The van der Waals surface area contributed by atoms with Crippen molar-refractivity contribution in [1.82, 2.24) is 9.97 Å². The highest BCUT2D eigenvalue weighted by Crippen LogP contribution is 2.40. The van der Waals surface area contributed by atoms with E-state index in [0.717, 1.165) is 23.3 Å². The molecule has 0 radical (unpaired) electrons. The fraction of sp³-hybridized carbons (Fsp3) is 0.353. The molecule has 0 spiro atoms. The summed E-state index contributed by atoms with van der Waals surface area (Å²) in [7, 11) is 0. The van der Waals surface area contributed by atoms with E-state index >= 15 is 0 Å². The quantitative estimate of drug-likeness (QED) is 0.803. The Labute approximate surface area is 114 Å². The normalized spacial score (nSPS) is 22.8. The zero-order valence-electron chi connectivity index (χ0n) is 12.0. The van der Waals surface area contributed by atoms with Gasteiger partial charge in [-0.05, 0) is 44.4 Å². The number of imidazole rings is 1. The largest absolute Gasteiger partial charge is 0.342 e. The predicted octanol–water partition coefficient (Wildman–Crippen LogP) is 4.34. The van der Waals surface area contributed by atoms with Gasteiger partial charge >= 0.3 is 0 Å². The first-order valence-corrected chi connectivity index (χ1v) is 6.83. The molecule has 2 heteroatoms. The highest BCUT2D eigenvalue weighted by molar-refractivity contribution is 5.80. The van der Waals surface area contributed by atoms with Gasteiger partial charge in [0.15, 0.2) is 0 Å². The van der Waals surface area contributed by atoms with Gasteiger partial charge in [-0.15, -0.1) is 0 Å². The Morgan fingerprint density at radius 3 is 2.74 bits per heavy atom. The third-order valence-electron chi connectivity index (χ3n) is 4.50. The molecule has 1 unspecified atom stereocenters. The lowest BCUT2D eigenvalue weighted by atomic mass is 9.70. The molecular formula is C17H20N2. The predicted molar refractivity (Wildman–Crippen MR) is 80.4 cm³/mol. The number of rotatable bonds is 1. The molecule has 2 aromatic rings. The molecule has 1 aliphatic carbocycles. The van der Waals surface area contributed by atoms with Crippen LogP contribution in [0.15, 0.2) is 35.9 Å². The summed E-state index contributed by atoms with van der Waals surface area (Å²) in [6.45, 7) is 8.75. The van der Waals surface area contributed by atoms with E-state index in [1.807, 2.05) is 6.92 Å². The zero-order chi connectivity index (χ0) is 13.6. The molecule has 1 heterocycles. The molecule has 2 nitrogen and oxygen atoms in total. The Balaban J connectivity index is 2.23. The average molecular weight is 252 g/mol. The minimum atomic E-state index is 0.0971. The first-order valence-electron chi connectivity index (χ1n) is 6.83. The molecule has 1 aromatic heterocycles. The summed E-state index contributed by atoms with van der Waals surface area (Å²) in [6, 6.07) is 4.42. The number of hydrogen-bond acceptors (Lipinski definition) is 1. The number of allylic oxidation sites excluding steroid dienone is 4. The standard InChI is InChI=1S/C17H20N2/c1-11-7-5-6-10-17(11,4)14-8-9-15-16(12(14)2)19-13(3)18-15/h5-9H,10H2,1-4H3,(H,18,19). The number of nitrogens with zero attached hydrogens (tertiary/aromatic N) is 1. The Morgan fingerprint density at radius 2 is 2.00 bits per heavy atom. The van der Waals surface area contributed by atoms with Gasteiger partial charge in [-0.2, -0.15) is 0 Å². The van der Waals surface area contributed by atoms with Crippen molar-refractivity contribution in [2.45, 2.75) is 39.5 Å². The van der Waals surface area contributed by atoms with E-state index in [1.54, 1.807) is 0 Å². The van der Waals surface area contributed by atoms with E-state index in [2.05, 4.69) is 61.1 Å². The van der Waals surface area contributed by atoms with Crippen molar-refractivity contribution in [2.75, 3.05) is 0 Å². The maximum Gasteiger partial charge on any atom is 0.104 e. The molecule has 0 amide bonds. The van der Waals surface area contributed by atoms with Gasteiger partial charge in [0.2, 0.25) is 0 Å². The number of aryl methyl sites for hydroxylation is 2. The van der Waals surface area contributed by atoms with E-state index < -0.39 is 0 Å². The SMILES string of the molecule is CC1=CC=CCC1(C)c1ccc2[nH]c(C)nc2c1C. The van der Waals surface area contributed by atoms with Crippen molar-refractivity contribution < 1.29 is 0 Å². The first kappa shape index (κ1) is 12.2. The van der Waals surface area contributed by atoms with Gasteiger partial charge in [-0.3, -0.25) is 0 Å². The topological polar surface area (TPSA) is 28.7 Å². The maximum absolute atomic E-state index is 4.63. The van der Waals surface area contributed by atoms with Crippen molar-refractivity contribution in [3.63, 3.8) is 0 Å². The number of aromatic amines is 1. The van der Waals surface area contributed by atoms with Gasteiger partial charge in [-0.1, -0.05) is 36.8 Å². The molecule has 0 bridgehead atoms. The smallest absolute Gasteiger partial charge is 0.104 e. The van der Waals surface area contributed by atoms with Crippen molar-refractivity contribution in [2.24, 2.45) is 0 Å². The van der Waals surface area contributed by atoms with Crippen LogP contribution in [0.3, 0.4) is 0 Å². The van der Waals surface area contributed by atoms with Crippen LogP contribution in [0, 0.1) is 13.8 Å². The monoisotopic (exact) mass is 252 g/mol. The van der Waals surface area contributed by atoms with Crippen LogP contribution in [0.4, 0.5) is 0 Å². The summed E-state index contributed by atoms with van der Waals surface area (Å²) >= 11 is 0. The molecule has 1 atom stereocenters. The lowest BCUT2D eigenvalue weighted by Gasteiger charge is -2.33. The second-order valence-corrected chi connectivity index (χ2v) is 5.77. The van der Waals surface area contributed by atoms with Crippen LogP contribution < -0.4 is 0 Å². The summed E-state index contributed by atoms with van der Waals surface area (Å²) < 4.78 is 0. The fourth-order valence-electron chi connectivity index (χ4n) is 3.12. The second-order valence-electron chi connectivity index (χ2n) is 5.77. The summed E-state index contributed by atoms with van der Waals surface area (Å²) in [6.07, 6.45) is 7.70. The van der Waals surface area contributed by atoms with E-state index in [9.17, 15) is 0 Å². The molecule has 0 fully saturated rings. The van der Waals surface area contributed by atoms with E-state index in [0.29, 0.717) is 0 Å². The Hall–Kier alpha value is -1.83. The third kappa shape index (κ3) is 1.74. The average Bonchev–Trinajstić information content (AvgIpc) is 2.75. The molecule has 98 valence electrons. The molecule has 1 aromatic carbocycles. The number of hydrogen-bond donors (Lipinski definition) is 1. The molecular weight excluding hydrogens is 232 g/mol. The summed E-state index contributed by atoms with van der Waals surface area (Å²) in [5.41, 5.74) is 6.45. The summed E-state index contributed by atoms with van der Waals surface area (Å²) in [5, 5.41) is 0. The Bertz CT molecular complexity index is 703. The van der Waals surface area contributed by atoms with Gasteiger partial charge in [0.25, 0.3) is 0 Å². The summed E-state index contributed by atoms with van der Waals surface area (Å²) in [5.74, 6) is 0.983. The Morgan fingerprint density at radius 1 is 1.21 bits per heavy atom. The van der Waals surface area contributed by atoms with Crippen molar-refractivity contribution in [3.8, 4) is 0 Å². The molecule has 0 saturated heterocycles. The lowest BCUT2D eigenvalue weighted by Crippen LogP contribution is -2.25. The van der Waals surface area contributed by atoms with Gasteiger partial charge < -0.3 is 4.98 Å². The molecule has 1 N–H and O–H groups in total. The minimum Gasteiger partial charge on any atom is -0.342 e. The number of benzene rings is 1. The van der Waals surface area contributed by atoms with E-state index in [4.69, 9.17) is 0 Å². The van der Waals surface area contributed by atoms with Crippen LogP contribution >= 0.6 is 0 Å². The van der Waals surface area contributed by atoms with Gasteiger partial charge in [0.1, 0.15) is 5.82 Å². The van der Waals surface area contributed by atoms with Gasteiger partial charge in [-0.25, -0.2) is 4.98 Å². The van der Waals surface area contributed by atoms with Crippen LogP contribution in [-0.4, -0.2) is 9.97 Å².